The highest BCUT2D eigenvalue weighted by Crippen LogP contribution is 2.47. The molecular formula is C42H30BN3. The van der Waals surface area contributed by atoms with E-state index in [1.54, 1.807) is 0 Å². The zero-order chi connectivity index (χ0) is 54.8. The molecule has 7 aromatic carbocycles. The van der Waals surface area contributed by atoms with Gasteiger partial charge in [0, 0.05) is 45.5 Å². The van der Waals surface area contributed by atoms with Gasteiger partial charge in [-0.1, -0.05) is 109 Å². The second kappa shape index (κ2) is 10.9. The monoisotopic (exact) mass is 615 g/mol. The van der Waals surface area contributed by atoms with Gasteiger partial charge in [0.25, 0.3) is 6.71 Å². The third-order valence-corrected chi connectivity index (χ3v) is 7.41. The first-order chi connectivity index (χ1) is 34.5. The van der Waals surface area contributed by atoms with Crippen molar-refractivity contribution < 1.29 is 38.4 Å². The van der Waals surface area contributed by atoms with Crippen LogP contribution in [0.4, 0.5) is 51.2 Å². The molecule has 216 valence electrons. The normalized spacial score (nSPS) is 21.2. The van der Waals surface area contributed by atoms with Crippen LogP contribution in [0.3, 0.4) is 0 Å². The minimum Gasteiger partial charge on any atom is -0.311 e. The van der Waals surface area contributed by atoms with Crippen LogP contribution in [0.1, 0.15) is 38.4 Å². The molecule has 9 rings (SSSR count). The SMILES string of the molecule is [2H]c1c([2H])c([2H])c(N(c2cc3c4c(c2)N(c2c([2H])c([2H])c([2H])c([2H])c2[2H])c2c([2H])c([2H])c([2H])c([2H])c2B4c2c([2H])c([2H])c([2H])c([2H])c2N3c2c([2H])c([2H])c([2H])c([2H])c2[2H])c2c([2H])c([2H])c([2H])c([2H])c2[2H])c([2H])c1[2H]. The largest absolute Gasteiger partial charge is 0.311 e. The van der Waals surface area contributed by atoms with Crippen LogP contribution in [-0.4, -0.2) is 6.71 Å². The van der Waals surface area contributed by atoms with Crippen molar-refractivity contribution in [2.75, 3.05) is 14.7 Å². The van der Waals surface area contributed by atoms with E-state index in [2.05, 4.69) is 0 Å². The number of nitrogens with zero attached hydrogens (tertiary/aromatic N) is 3. The van der Waals surface area contributed by atoms with Gasteiger partial charge >= 0.3 is 0 Å². The van der Waals surface area contributed by atoms with Crippen LogP contribution in [0.25, 0.3) is 0 Å². The van der Waals surface area contributed by atoms with E-state index in [4.69, 9.17) is 21.9 Å². The maximum Gasteiger partial charge on any atom is 0.252 e. The van der Waals surface area contributed by atoms with Crippen LogP contribution < -0.4 is 31.1 Å². The van der Waals surface area contributed by atoms with Gasteiger partial charge in [-0.15, -0.1) is 0 Å². The van der Waals surface area contributed by atoms with Crippen molar-refractivity contribution in [1.29, 1.82) is 0 Å². The average Bonchev–Trinajstić information content (AvgIpc) is 3.38. The number of hydrogen-bond acceptors (Lipinski definition) is 3. The summed E-state index contributed by atoms with van der Waals surface area (Å²) in [5.74, 6) is 0. The first kappa shape index (κ1) is 10.5. The Hall–Kier alpha value is -6.00. The Balaban J connectivity index is 1.65. The molecule has 0 aliphatic carbocycles. The van der Waals surface area contributed by atoms with E-state index in [0.717, 1.165) is 21.9 Å². The molecule has 0 radical (unpaired) electrons. The van der Waals surface area contributed by atoms with Gasteiger partial charge in [-0.2, -0.15) is 0 Å². The van der Waals surface area contributed by atoms with Crippen molar-refractivity contribution in [1.82, 2.24) is 0 Å². The molecule has 2 aliphatic rings. The lowest BCUT2D eigenvalue weighted by molar-refractivity contribution is 1.23. The Bertz CT molecular complexity index is 3420. The fourth-order valence-electron chi connectivity index (χ4n) is 5.73. The Morgan fingerprint density at radius 2 is 0.761 bits per heavy atom. The van der Waals surface area contributed by atoms with Crippen molar-refractivity contribution in [2.45, 2.75) is 0 Å². The van der Waals surface area contributed by atoms with Gasteiger partial charge in [0.1, 0.15) is 0 Å². The van der Waals surface area contributed by atoms with Crippen molar-refractivity contribution in [3.8, 4) is 0 Å². The molecule has 4 heteroatoms. The highest BCUT2D eigenvalue weighted by atomic mass is 15.2. The molecule has 3 nitrogen and oxygen atoms in total. The van der Waals surface area contributed by atoms with Crippen LogP contribution in [0.5, 0.6) is 0 Å². The molecule has 0 N–H and O–H groups in total. The van der Waals surface area contributed by atoms with E-state index in [9.17, 15) is 16.4 Å². The van der Waals surface area contributed by atoms with Crippen LogP contribution in [0, 0.1) is 0 Å². The van der Waals surface area contributed by atoms with Crippen LogP contribution in [0.2, 0.25) is 0 Å². The lowest BCUT2D eigenvalue weighted by Gasteiger charge is -2.45. The summed E-state index contributed by atoms with van der Waals surface area (Å²) in [6, 6.07) is -25.2. The maximum absolute atomic E-state index is 9.48. The number of benzene rings is 7. The molecule has 0 aromatic heterocycles. The highest BCUT2D eigenvalue weighted by molar-refractivity contribution is 7.00. The zero-order valence-electron chi connectivity index (χ0n) is 51.1. The molecule has 0 fully saturated rings. The molecular weight excluding hydrogens is 557 g/mol. The second-order valence-corrected chi connectivity index (χ2v) is 9.76. The molecule has 0 spiro atoms. The Morgan fingerprint density at radius 1 is 0.391 bits per heavy atom. The molecule has 0 amide bonds. The number of para-hydroxylation sites is 6. The van der Waals surface area contributed by atoms with Gasteiger partial charge in [0.05, 0.1) is 44.1 Å². The molecule has 0 bridgehead atoms. The molecule has 7 aromatic rings. The van der Waals surface area contributed by atoms with Crippen molar-refractivity contribution >= 4 is 74.3 Å². The van der Waals surface area contributed by atoms with Gasteiger partial charge in [0.2, 0.25) is 0 Å². The second-order valence-electron chi connectivity index (χ2n) is 9.76. The quantitative estimate of drug-likeness (QED) is 0.179. The van der Waals surface area contributed by atoms with Gasteiger partial charge in [-0.25, -0.2) is 0 Å². The number of hydrogen-bond donors (Lipinski definition) is 0. The maximum atomic E-state index is 9.48. The molecule has 0 saturated heterocycles. The summed E-state index contributed by atoms with van der Waals surface area (Å²) in [6.45, 7) is -1.86. The predicted molar refractivity (Wildman–Crippen MR) is 195 cm³/mol. The Morgan fingerprint density at radius 3 is 1.20 bits per heavy atom. The summed E-state index contributed by atoms with van der Waals surface area (Å²) in [6.07, 6.45) is 0. The summed E-state index contributed by atoms with van der Waals surface area (Å²) in [5, 5.41) is 0. The summed E-state index contributed by atoms with van der Waals surface area (Å²) in [4.78, 5) is 2.23. The lowest BCUT2D eigenvalue weighted by Crippen LogP contribution is -2.61. The van der Waals surface area contributed by atoms with Crippen molar-refractivity contribution in [3.63, 3.8) is 0 Å². The molecule has 0 atom stereocenters. The highest BCUT2D eigenvalue weighted by Gasteiger charge is 2.43. The fourth-order valence-corrected chi connectivity index (χ4v) is 5.73. The molecule has 0 unspecified atom stereocenters. The number of rotatable bonds is 5. The van der Waals surface area contributed by atoms with Crippen LogP contribution in [0.15, 0.2) is 181 Å². The standard InChI is InChI=1S/C42H30BN3/c1-5-17-31(18-6-1)44(32-19-7-2-8-20-32)35-29-40-42-41(30-35)46(34-23-11-4-12-24-34)39-28-16-14-26-37(39)43(42)36-25-13-15-27-38(36)45(40)33-21-9-3-10-22-33/h1-30H/i1D,2D,3D,4D,5D,6D,7D,8D,9D,10D,11D,12D,13D,14D,15D,16D,17D,18D,19D,20D,21D,22D,23D,24D,25D,26D,27D,28D. The minimum absolute atomic E-state index is 0.371. The fraction of sp³-hybridized carbons (Fsp3) is 0. The van der Waals surface area contributed by atoms with E-state index in [1.165, 1.54) is 0 Å². The molecule has 0 saturated carbocycles. The van der Waals surface area contributed by atoms with Gasteiger partial charge < -0.3 is 14.7 Å². The zero-order valence-corrected chi connectivity index (χ0v) is 23.1. The first-order valence-electron chi connectivity index (χ1n) is 27.5. The van der Waals surface area contributed by atoms with E-state index in [-0.39, 0.29) is 5.46 Å². The van der Waals surface area contributed by atoms with E-state index in [1.807, 2.05) is 0 Å². The van der Waals surface area contributed by atoms with Gasteiger partial charge in [-0.05, 0) is 88.9 Å². The summed E-state index contributed by atoms with van der Waals surface area (Å²) in [5.41, 5.74) is -7.99. The molecule has 2 heterocycles. The number of fused-ring (bicyclic) bond motifs is 4. The Labute approximate surface area is 309 Å². The third-order valence-electron chi connectivity index (χ3n) is 7.41. The summed E-state index contributed by atoms with van der Waals surface area (Å²) >= 11 is 0. The summed E-state index contributed by atoms with van der Waals surface area (Å²) in [7, 11) is 0. The van der Waals surface area contributed by atoms with Gasteiger partial charge in [0.15, 0.2) is 0 Å². The molecule has 2 aliphatic heterocycles. The van der Waals surface area contributed by atoms with Crippen LogP contribution >= 0.6 is 0 Å². The minimum atomic E-state index is -1.86. The van der Waals surface area contributed by atoms with Crippen LogP contribution in [-0.2, 0) is 0 Å². The molecule has 46 heavy (non-hydrogen) atoms. The van der Waals surface area contributed by atoms with Crippen molar-refractivity contribution in [2.24, 2.45) is 0 Å². The smallest absolute Gasteiger partial charge is 0.252 e. The lowest BCUT2D eigenvalue weighted by atomic mass is 9.33. The third kappa shape index (κ3) is 4.15. The predicted octanol–water partition coefficient (Wildman–Crippen LogP) is 9.24. The topological polar surface area (TPSA) is 9.72 Å². The first-order valence-corrected chi connectivity index (χ1v) is 13.5. The number of anilines is 9. The average molecular weight is 616 g/mol. The Kier molecular flexibility index (Phi) is 2.49. The van der Waals surface area contributed by atoms with Gasteiger partial charge in [-0.3, -0.25) is 0 Å². The summed E-state index contributed by atoms with van der Waals surface area (Å²) < 4.78 is 251. The van der Waals surface area contributed by atoms with E-state index in [0.29, 0.717) is 4.90 Å². The van der Waals surface area contributed by atoms with E-state index >= 15 is 0 Å². The van der Waals surface area contributed by atoms with Crippen molar-refractivity contribution in [3.05, 3.63) is 181 Å². The van der Waals surface area contributed by atoms with E-state index < -0.39 is 238 Å².